The van der Waals surface area contributed by atoms with Crippen LogP contribution >= 0.6 is 0 Å². The number of hydrogen-bond acceptors (Lipinski definition) is 3. The van der Waals surface area contributed by atoms with Crippen LogP contribution in [0, 0.1) is 5.92 Å². The zero-order chi connectivity index (χ0) is 17.1. The van der Waals surface area contributed by atoms with Gasteiger partial charge < -0.3 is 4.98 Å². The van der Waals surface area contributed by atoms with E-state index in [1.54, 1.807) is 6.33 Å². The van der Waals surface area contributed by atoms with E-state index in [1.807, 2.05) is 18.5 Å². The Morgan fingerprint density at radius 1 is 1.24 bits per heavy atom. The molecule has 1 fully saturated rings. The molecule has 1 aliphatic rings. The minimum absolute atomic E-state index is 0.534. The summed E-state index contributed by atoms with van der Waals surface area (Å²) in [5.74, 6) is 0.780. The van der Waals surface area contributed by atoms with Crippen LogP contribution in [-0.2, 0) is 0 Å². The third-order valence-electron chi connectivity index (χ3n) is 5.62. The second kappa shape index (κ2) is 7.38. The van der Waals surface area contributed by atoms with Crippen LogP contribution < -0.4 is 0 Å². The summed E-state index contributed by atoms with van der Waals surface area (Å²) in [7, 11) is 0. The van der Waals surface area contributed by atoms with E-state index in [9.17, 15) is 0 Å². The van der Waals surface area contributed by atoms with Gasteiger partial charge in [0.15, 0.2) is 0 Å². The third kappa shape index (κ3) is 3.32. The molecule has 0 amide bonds. The minimum Gasteiger partial charge on any atom is -0.346 e. The highest BCUT2D eigenvalue weighted by molar-refractivity contribution is 5.89. The van der Waals surface area contributed by atoms with Gasteiger partial charge in [-0.3, -0.25) is 4.68 Å². The summed E-state index contributed by atoms with van der Waals surface area (Å²) in [6, 6.07) is 2.57. The van der Waals surface area contributed by atoms with Crippen molar-refractivity contribution in [1.82, 2.24) is 24.7 Å². The molecule has 3 aromatic heterocycles. The first-order chi connectivity index (χ1) is 12.4. The zero-order valence-corrected chi connectivity index (χ0v) is 15.0. The van der Waals surface area contributed by atoms with E-state index in [1.165, 1.54) is 51.4 Å². The average Bonchev–Trinajstić information content (AvgIpc) is 3.39. The summed E-state index contributed by atoms with van der Waals surface area (Å²) in [5, 5.41) is 5.81. The Labute approximate surface area is 148 Å². The fraction of sp³-hybridized carbons (Fsp3) is 0.550. The smallest absolute Gasteiger partial charge is 0.141 e. The van der Waals surface area contributed by atoms with E-state index in [-0.39, 0.29) is 0 Å². The lowest BCUT2D eigenvalue weighted by Crippen LogP contribution is -2.18. The van der Waals surface area contributed by atoms with Crippen molar-refractivity contribution in [2.45, 2.75) is 64.3 Å². The molecule has 0 saturated heterocycles. The normalized spacial score (nSPS) is 16.7. The average molecular weight is 337 g/mol. The highest BCUT2D eigenvalue weighted by Crippen LogP contribution is 2.37. The molecular weight excluding hydrogens is 310 g/mol. The molecule has 0 bridgehead atoms. The van der Waals surface area contributed by atoms with Crippen molar-refractivity contribution in [2.24, 2.45) is 5.92 Å². The van der Waals surface area contributed by atoms with E-state index in [0.29, 0.717) is 6.04 Å². The van der Waals surface area contributed by atoms with Gasteiger partial charge in [-0.1, -0.05) is 39.0 Å². The Bertz CT molecular complexity index is 812. The van der Waals surface area contributed by atoms with Crippen molar-refractivity contribution in [1.29, 1.82) is 0 Å². The first-order valence-electron chi connectivity index (χ1n) is 9.69. The van der Waals surface area contributed by atoms with Gasteiger partial charge in [-0.15, -0.1) is 0 Å². The molecule has 3 aromatic rings. The lowest BCUT2D eigenvalue weighted by Gasteiger charge is -2.24. The van der Waals surface area contributed by atoms with E-state index in [4.69, 9.17) is 5.10 Å². The summed E-state index contributed by atoms with van der Waals surface area (Å²) < 4.78 is 2.22. The van der Waals surface area contributed by atoms with Gasteiger partial charge in [0, 0.05) is 23.3 Å². The van der Waals surface area contributed by atoms with E-state index in [2.05, 4.69) is 32.8 Å². The largest absolute Gasteiger partial charge is 0.346 e. The number of hydrogen-bond donors (Lipinski definition) is 1. The first-order valence-corrected chi connectivity index (χ1v) is 9.69. The highest BCUT2D eigenvalue weighted by Gasteiger charge is 2.27. The van der Waals surface area contributed by atoms with Crippen LogP contribution in [0.2, 0.25) is 0 Å². The molecule has 5 nitrogen and oxygen atoms in total. The van der Waals surface area contributed by atoms with Crippen molar-refractivity contribution in [2.75, 3.05) is 0 Å². The predicted molar refractivity (Wildman–Crippen MR) is 100 cm³/mol. The number of aromatic nitrogens is 5. The molecule has 1 N–H and O–H groups in total. The molecule has 1 unspecified atom stereocenters. The van der Waals surface area contributed by atoms with Gasteiger partial charge >= 0.3 is 0 Å². The fourth-order valence-corrected chi connectivity index (χ4v) is 4.27. The number of aromatic amines is 1. The Morgan fingerprint density at radius 2 is 2.12 bits per heavy atom. The molecule has 3 heterocycles. The predicted octanol–water partition coefficient (Wildman–Crippen LogP) is 5.13. The van der Waals surface area contributed by atoms with Crippen molar-refractivity contribution in [3.8, 4) is 11.3 Å². The molecule has 1 saturated carbocycles. The first kappa shape index (κ1) is 16.3. The molecular formula is C20H27N5. The molecule has 25 heavy (non-hydrogen) atoms. The van der Waals surface area contributed by atoms with Crippen LogP contribution in [0.3, 0.4) is 0 Å². The van der Waals surface area contributed by atoms with Crippen molar-refractivity contribution in [3.63, 3.8) is 0 Å². The van der Waals surface area contributed by atoms with Crippen molar-refractivity contribution < 1.29 is 0 Å². The van der Waals surface area contributed by atoms with Crippen LogP contribution in [0.1, 0.15) is 64.3 Å². The SMILES string of the molecule is CCCCCC(C1CCCC1)n1cc(-c2ncnc3[nH]ccc23)cn1. The maximum absolute atomic E-state index is 4.75. The molecule has 0 spiro atoms. The maximum Gasteiger partial charge on any atom is 0.141 e. The number of rotatable bonds is 7. The van der Waals surface area contributed by atoms with Gasteiger partial charge in [0.05, 0.1) is 17.9 Å². The van der Waals surface area contributed by atoms with E-state index >= 15 is 0 Å². The maximum atomic E-state index is 4.75. The molecule has 4 rings (SSSR count). The lowest BCUT2D eigenvalue weighted by atomic mass is 9.93. The number of H-pyrrole nitrogens is 1. The summed E-state index contributed by atoms with van der Waals surface area (Å²) >= 11 is 0. The fourth-order valence-electron chi connectivity index (χ4n) is 4.27. The summed E-state index contributed by atoms with van der Waals surface area (Å²) in [6.07, 6.45) is 18.3. The minimum atomic E-state index is 0.534. The second-order valence-electron chi connectivity index (χ2n) is 7.28. The lowest BCUT2D eigenvalue weighted by molar-refractivity contribution is 0.285. The van der Waals surface area contributed by atoms with Gasteiger partial charge in [-0.05, 0) is 31.2 Å². The van der Waals surface area contributed by atoms with Crippen molar-refractivity contribution >= 4 is 11.0 Å². The number of fused-ring (bicyclic) bond motifs is 1. The molecule has 0 aromatic carbocycles. The number of nitrogens with zero attached hydrogens (tertiary/aromatic N) is 4. The molecule has 1 aliphatic carbocycles. The van der Waals surface area contributed by atoms with Crippen LogP contribution in [-0.4, -0.2) is 24.7 Å². The highest BCUT2D eigenvalue weighted by atomic mass is 15.3. The Kier molecular flexibility index (Phi) is 4.81. The standard InChI is InChI=1S/C20H27N5/c1-2-3-4-9-18(15-7-5-6-8-15)25-13-16(12-24-25)19-17-10-11-21-20(17)23-14-22-19/h10-15,18H,2-9H2,1H3,(H,21,22,23). The summed E-state index contributed by atoms with van der Waals surface area (Å²) in [5.41, 5.74) is 2.94. The van der Waals surface area contributed by atoms with Crippen LogP contribution in [0.15, 0.2) is 31.0 Å². The molecule has 0 aliphatic heterocycles. The molecule has 1 atom stereocenters. The van der Waals surface area contributed by atoms with Crippen molar-refractivity contribution in [3.05, 3.63) is 31.0 Å². The summed E-state index contributed by atoms with van der Waals surface area (Å²) in [6.45, 7) is 2.27. The Hall–Kier alpha value is -2.17. The third-order valence-corrected chi connectivity index (χ3v) is 5.62. The van der Waals surface area contributed by atoms with Crippen LogP contribution in [0.25, 0.3) is 22.3 Å². The van der Waals surface area contributed by atoms with Gasteiger partial charge in [0.25, 0.3) is 0 Å². The van der Waals surface area contributed by atoms with Gasteiger partial charge in [0.1, 0.15) is 12.0 Å². The molecule has 0 radical (unpaired) electrons. The van der Waals surface area contributed by atoms with E-state index < -0.39 is 0 Å². The van der Waals surface area contributed by atoms with Gasteiger partial charge in [0.2, 0.25) is 0 Å². The van der Waals surface area contributed by atoms with E-state index in [0.717, 1.165) is 28.2 Å². The zero-order valence-electron chi connectivity index (χ0n) is 15.0. The number of nitrogens with one attached hydrogen (secondary N) is 1. The quantitative estimate of drug-likeness (QED) is 0.608. The Balaban J connectivity index is 1.62. The summed E-state index contributed by atoms with van der Waals surface area (Å²) in [4.78, 5) is 12.0. The number of unbranched alkanes of at least 4 members (excludes halogenated alkanes) is 2. The topological polar surface area (TPSA) is 59.4 Å². The van der Waals surface area contributed by atoms with Crippen LogP contribution in [0.4, 0.5) is 0 Å². The second-order valence-corrected chi connectivity index (χ2v) is 7.28. The Morgan fingerprint density at radius 3 is 2.96 bits per heavy atom. The molecule has 132 valence electrons. The monoisotopic (exact) mass is 337 g/mol. The molecule has 5 heteroatoms. The van der Waals surface area contributed by atoms with Crippen LogP contribution in [0.5, 0.6) is 0 Å². The van der Waals surface area contributed by atoms with Gasteiger partial charge in [-0.25, -0.2) is 9.97 Å². The van der Waals surface area contributed by atoms with Gasteiger partial charge in [-0.2, -0.15) is 5.10 Å².